The number of phenolic OH excluding ortho intramolecular Hbond substituents is 1. The van der Waals surface area contributed by atoms with E-state index in [2.05, 4.69) is 0 Å². The summed E-state index contributed by atoms with van der Waals surface area (Å²) in [5.74, 6) is -7.18. The molecule has 12 heteroatoms. The summed E-state index contributed by atoms with van der Waals surface area (Å²) in [7, 11) is 3.12. The Labute approximate surface area is 233 Å². The number of likely N-dealkylation sites (N-methyl/N-ethyl adjacent to an activating group) is 1. The van der Waals surface area contributed by atoms with E-state index < -0.39 is 63.0 Å². The van der Waals surface area contributed by atoms with Crippen molar-refractivity contribution in [2.45, 2.75) is 24.5 Å². The fourth-order valence-corrected chi connectivity index (χ4v) is 6.36. The summed E-state index contributed by atoms with van der Waals surface area (Å²) in [6, 6.07) is 7.75. The quantitative estimate of drug-likeness (QED) is 0.156. The van der Waals surface area contributed by atoms with Crippen LogP contribution in [0.5, 0.6) is 5.75 Å². The Morgan fingerprint density at radius 3 is 2.49 bits per heavy atom. The molecular formula is C29H27N3O9. The van der Waals surface area contributed by atoms with E-state index >= 15 is 0 Å². The van der Waals surface area contributed by atoms with Gasteiger partial charge in [0.05, 0.1) is 16.5 Å². The normalized spacial score (nSPS) is 25.8. The zero-order valence-corrected chi connectivity index (χ0v) is 22.1. The lowest BCUT2D eigenvalue weighted by Crippen LogP contribution is -2.63. The number of non-ortho nitro benzene ring substituents is 1. The number of aromatic hydroxyl groups is 1. The molecule has 1 amide bonds. The summed E-state index contributed by atoms with van der Waals surface area (Å²) in [5.41, 5.74) is 2.83. The molecule has 0 unspecified atom stereocenters. The molecule has 0 saturated heterocycles. The van der Waals surface area contributed by atoms with E-state index in [1.54, 1.807) is 38.4 Å². The van der Waals surface area contributed by atoms with Crippen molar-refractivity contribution in [1.82, 2.24) is 4.90 Å². The van der Waals surface area contributed by atoms with E-state index in [0.717, 1.165) is 0 Å². The third-order valence-electron chi connectivity index (χ3n) is 8.18. The second-order valence-electron chi connectivity index (χ2n) is 10.7. The van der Waals surface area contributed by atoms with Gasteiger partial charge < -0.3 is 26.2 Å². The van der Waals surface area contributed by atoms with Crippen LogP contribution in [-0.2, 0) is 16.0 Å². The number of amides is 1. The minimum Gasteiger partial charge on any atom is -0.510 e. The summed E-state index contributed by atoms with van der Waals surface area (Å²) < 4.78 is 0. The number of carbonyl (C=O) groups excluding carboxylic acids is 3. The third kappa shape index (κ3) is 4.10. The van der Waals surface area contributed by atoms with Crippen LogP contribution in [0.1, 0.15) is 33.5 Å². The molecule has 41 heavy (non-hydrogen) atoms. The van der Waals surface area contributed by atoms with Crippen molar-refractivity contribution in [3.8, 4) is 5.75 Å². The standard InChI is InChI=1S/C29H27N3O9/c1-31(2)23-18-12-15-11-17-14(7-6-13-4-3-5-16(10-13)32(40)41)8-9-19(33)21(17)24(34)20(15)26(36)29(18,39)27(37)22(25(23)35)28(30)38/h3-10,15,18,23,33,35-36,39H,11-12H2,1-2H3,(H2,30,38)/b7-6+/t15-,18-,23-,29-/m0/s1. The van der Waals surface area contributed by atoms with Crippen LogP contribution in [0.4, 0.5) is 5.69 Å². The first-order valence-corrected chi connectivity index (χ1v) is 12.7. The van der Waals surface area contributed by atoms with Crippen LogP contribution in [0.15, 0.2) is 59.1 Å². The molecule has 0 aliphatic heterocycles. The van der Waals surface area contributed by atoms with Gasteiger partial charge in [-0.1, -0.05) is 30.4 Å². The first-order chi connectivity index (χ1) is 19.3. The second-order valence-corrected chi connectivity index (χ2v) is 10.7. The zero-order valence-electron chi connectivity index (χ0n) is 22.1. The number of phenols is 1. The molecule has 0 fully saturated rings. The first kappa shape index (κ1) is 27.7. The van der Waals surface area contributed by atoms with Gasteiger partial charge in [-0.15, -0.1) is 0 Å². The van der Waals surface area contributed by atoms with E-state index in [1.165, 1.54) is 29.2 Å². The van der Waals surface area contributed by atoms with Gasteiger partial charge in [-0.25, -0.2) is 0 Å². The maximum absolute atomic E-state index is 13.8. The van der Waals surface area contributed by atoms with Gasteiger partial charge in [-0.2, -0.15) is 0 Å². The lowest BCUT2D eigenvalue weighted by Gasteiger charge is -2.50. The van der Waals surface area contributed by atoms with Gasteiger partial charge in [0.2, 0.25) is 5.78 Å². The van der Waals surface area contributed by atoms with Crippen LogP contribution < -0.4 is 5.73 Å². The Morgan fingerprint density at radius 1 is 1.15 bits per heavy atom. The van der Waals surface area contributed by atoms with Crippen molar-refractivity contribution in [1.29, 1.82) is 0 Å². The number of allylic oxidation sites excluding steroid dienone is 1. The largest absolute Gasteiger partial charge is 0.510 e. The molecular weight excluding hydrogens is 534 g/mol. The maximum atomic E-state index is 13.8. The molecule has 3 aliphatic carbocycles. The van der Waals surface area contributed by atoms with Gasteiger partial charge in [0.15, 0.2) is 11.4 Å². The highest BCUT2D eigenvalue weighted by molar-refractivity contribution is 6.24. The fraction of sp³-hybridized carbons (Fsp3) is 0.276. The minimum atomic E-state index is -2.71. The molecule has 12 nitrogen and oxygen atoms in total. The van der Waals surface area contributed by atoms with Crippen LogP contribution in [0, 0.1) is 22.0 Å². The number of aliphatic hydroxyl groups is 3. The molecule has 4 atom stereocenters. The molecule has 212 valence electrons. The number of hydrogen-bond acceptors (Lipinski definition) is 10. The third-order valence-corrected chi connectivity index (χ3v) is 8.18. The van der Waals surface area contributed by atoms with Crippen molar-refractivity contribution in [3.05, 3.63) is 91.4 Å². The number of nitro groups is 1. The smallest absolute Gasteiger partial charge is 0.270 e. The Kier molecular flexibility index (Phi) is 6.55. The van der Waals surface area contributed by atoms with Crippen molar-refractivity contribution >= 4 is 35.3 Å². The highest BCUT2D eigenvalue weighted by Gasteiger charge is 2.63. The lowest BCUT2D eigenvalue weighted by atomic mass is 9.58. The van der Waals surface area contributed by atoms with Crippen molar-refractivity contribution in [2.24, 2.45) is 17.6 Å². The zero-order chi connectivity index (χ0) is 30.0. The van der Waals surface area contributed by atoms with Gasteiger partial charge in [0.25, 0.3) is 11.6 Å². The lowest BCUT2D eigenvalue weighted by molar-refractivity contribution is -0.384. The Balaban J connectivity index is 1.63. The number of primary amides is 1. The van der Waals surface area contributed by atoms with Crippen molar-refractivity contribution < 1.29 is 39.7 Å². The molecule has 2 aromatic carbocycles. The molecule has 0 aromatic heterocycles. The maximum Gasteiger partial charge on any atom is 0.270 e. The minimum absolute atomic E-state index is 0.0323. The van der Waals surface area contributed by atoms with Crippen LogP contribution in [-0.4, -0.2) is 73.5 Å². The van der Waals surface area contributed by atoms with Gasteiger partial charge in [-0.05, 0) is 55.6 Å². The van der Waals surface area contributed by atoms with Gasteiger partial charge >= 0.3 is 0 Å². The second kappa shape index (κ2) is 9.68. The Bertz CT molecular complexity index is 1640. The topological polar surface area (TPSA) is 205 Å². The Morgan fingerprint density at radius 2 is 1.85 bits per heavy atom. The van der Waals surface area contributed by atoms with E-state index in [-0.39, 0.29) is 35.4 Å². The molecule has 5 rings (SSSR count). The Hall–Kier alpha value is -4.81. The van der Waals surface area contributed by atoms with Gasteiger partial charge in [0.1, 0.15) is 22.8 Å². The van der Waals surface area contributed by atoms with Crippen LogP contribution >= 0.6 is 0 Å². The average Bonchev–Trinajstić information content (AvgIpc) is 2.90. The number of nitrogens with two attached hydrogens (primary N) is 1. The molecule has 0 heterocycles. The first-order valence-electron chi connectivity index (χ1n) is 12.7. The number of nitrogens with zero attached hydrogens (tertiary/aromatic N) is 2. The highest BCUT2D eigenvalue weighted by atomic mass is 16.6. The van der Waals surface area contributed by atoms with E-state index in [9.17, 15) is 44.9 Å². The number of hydrogen-bond donors (Lipinski definition) is 5. The van der Waals surface area contributed by atoms with Crippen molar-refractivity contribution in [3.63, 3.8) is 0 Å². The number of ketones is 2. The van der Waals surface area contributed by atoms with Crippen LogP contribution in [0.3, 0.4) is 0 Å². The summed E-state index contributed by atoms with van der Waals surface area (Å²) in [6.45, 7) is 0. The van der Waals surface area contributed by atoms with Crippen molar-refractivity contribution in [2.75, 3.05) is 14.1 Å². The number of aliphatic hydroxyl groups excluding tert-OH is 2. The van der Waals surface area contributed by atoms with E-state index in [0.29, 0.717) is 16.7 Å². The van der Waals surface area contributed by atoms with Gasteiger partial charge in [-0.3, -0.25) is 29.4 Å². The van der Waals surface area contributed by atoms with E-state index in [1.807, 2.05) is 0 Å². The number of benzene rings is 2. The number of fused-ring (bicyclic) bond motifs is 3. The average molecular weight is 562 g/mol. The molecule has 0 radical (unpaired) electrons. The predicted octanol–water partition coefficient (Wildman–Crippen LogP) is 2.20. The summed E-state index contributed by atoms with van der Waals surface area (Å²) >= 11 is 0. The number of Topliss-reactive ketones (excluding diaryl/α,β-unsaturated/α-hetero) is 2. The van der Waals surface area contributed by atoms with Crippen LogP contribution in [0.2, 0.25) is 0 Å². The molecule has 0 saturated carbocycles. The number of nitro benzene ring substituents is 1. The monoisotopic (exact) mass is 561 g/mol. The van der Waals surface area contributed by atoms with Crippen LogP contribution in [0.25, 0.3) is 12.2 Å². The summed E-state index contributed by atoms with van der Waals surface area (Å²) in [5, 5.41) is 55.7. The summed E-state index contributed by atoms with van der Waals surface area (Å²) in [4.78, 5) is 51.3. The molecule has 0 spiro atoms. The summed E-state index contributed by atoms with van der Waals surface area (Å²) in [6.07, 6.45) is 3.37. The SMILES string of the molecule is CN(C)[C@@H]1C(O)=C(C(N)=O)C(=O)[C@@]2(O)C(O)=C3C(=O)c4c(O)ccc(/C=C/c5cccc([N+](=O)[O-])c5)c4C[C@H]3C[C@@H]12. The van der Waals surface area contributed by atoms with Gasteiger partial charge in [0, 0.05) is 23.6 Å². The fourth-order valence-electron chi connectivity index (χ4n) is 6.36. The highest BCUT2D eigenvalue weighted by Crippen LogP contribution is 2.52. The molecule has 2 aromatic rings. The molecule has 6 N–H and O–H groups in total. The molecule has 0 bridgehead atoms. The molecule has 3 aliphatic rings. The number of carbonyl (C=O) groups is 3. The predicted molar refractivity (Wildman–Crippen MR) is 146 cm³/mol. The van der Waals surface area contributed by atoms with E-state index in [4.69, 9.17) is 5.73 Å². The number of rotatable bonds is 5.